The van der Waals surface area contributed by atoms with Gasteiger partial charge in [-0.3, -0.25) is 4.79 Å². The van der Waals surface area contributed by atoms with Crippen LogP contribution in [0.4, 0.5) is 0 Å². The van der Waals surface area contributed by atoms with Gasteiger partial charge >= 0.3 is 0 Å². The summed E-state index contributed by atoms with van der Waals surface area (Å²) in [4.78, 5) is 11.4. The van der Waals surface area contributed by atoms with Crippen LogP contribution in [0.3, 0.4) is 0 Å². The molecular formula is C8H13N3O. The average Bonchev–Trinajstić information content (AvgIpc) is 2.33. The van der Waals surface area contributed by atoms with E-state index >= 15 is 0 Å². The van der Waals surface area contributed by atoms with Crippen molar-refractivity contribution in [2.75, 3.05) is 0 Å². The maximum atomic E-state index is 11.4. The highest BCUT2D eigenvalue weighted by Gasteiger charge is 2.11. The molecule has 12 heavy (non-hydrogen) atoms. The fraction of sp³-hybridized carbons (Fsp3) is 0.625. The maximum absolute atomic E-state index is 11.4. The van der Waals surface area contributed by atoms with Crippen LogP contribution in [0.1, 0.15) is 30.8 Å². The predicted octanol–water partition coefficient (Wildman–Crippen LogP) is 1.04. The van der Waals surface area contributed by atoms with Crippen molar-refractivity contribution in [3.05, 3.63) is 11.9 Å². The molecule has 0 fully saturated rings. The zero-order chi connectivity index (χ0) is 9.14. The molecule has 0 amide bonds. The summed E-state index contributed by atoms with van der Waals surface area (Å²) in [5.41, 5.74) is 0.587. The highest BCUT2D eigenvalue weighted by atomic mass is 16.1. The number of aryl methyl sites for hydroxylation is 1. The van der Waals surface area contributed by atoms with Gasteiger partial charge in [0.15, 0.2) is 5.78 Å². The molecule has 0 N–H and O–H groups in total. The topological polar surface area (TPSA) is 47.8 Å². The second-order valence-corrected chi connectivity index (χ2v) is 3.26. The first-order valence-corrected chi connectivity index (χ1v) is 3.99. The number of hydrogen-bond donors (Lipinski definition) is 0. The van der Waals surface area contributed by atoms with E-state index in [1.54, 1.807) is 7.05 Å². The Bertz CT molecular complexity index is 278. The molecule has 0 saturated carbocycles. The number of carbonyl (C=O) groups excluding carboxylic acids is 1. The molecule has 0 aromatic carbocycles. The first-order valence-electron chi connectivity index (χ1n) is 3.99. The van der Waals surface area contributed by atoms with Gasteiger partial charge in [0.2, 0.25) is 0 Å². The molecule has 4 nitrogen and oxygen atoms in total. The van der Waals surface area contributed by atoms with Crippen molar-refractivity contribution in [3.63, 3.8) is 0 Å². The van der Waals surface area contributed by atoms with E-state index in [0.29, 0.717) is 18.0 Å². The number of hydrogen-bond acceptors (Lipinski definition) is 3. The molecule has 0 atom stereocenters. The minimum Gasteiger partial charge on any atom is -0.292 e. The SMILES string of the molecule is CC(C)CC(=O)c1cnnn1C. The highest BCUT2D eigenvalue weighted by molar-refractivity contribution is 5.94. The van der Waals surface area contributed by atoms with Gasteiger partial charge in [0.1, 0.15) is 5.69 Å². The van der Waals surface area contributed by atoms with Gasteiger partial charge in [-0.15, -0.1) is 5.10 Å². The van der Waals surface area contributed by atoms with Crippen LogP contribution in [-0.4, -0.2) is 20.8 Å². The summed E-state index contributed by atoms with van der Waals surface area (Å²) in [5, 5.41) is 7.33. The van der Waals surface area contributed by atoms with E-state index in [2.05, 4.69) is 10.3 Å². The van der Waals surface area contributed by atoms with E-state index in [1.165, 1.54) is 10.9 Å². The van der Waals surface area contributed by atoms with Crippen LogP contribution < -0.4 is 0 Å². The largest absolute Gasteiger partial charge is 0.292 e. The normalized spacial score (nSPS) is 10.7. The standard InChI is InChI=1S/C8H13N3O/c1-6(2)4-8(12)7-5-9-10-11(7)3/h5-6H,4H2,1-3H3. The van der Waals surface area contributed by atoms with Gasteiger partial charge in [0, 0.05) is 13.5 Å². The Morgan fingerprint density at radius 1 is 1.67 bits per heavy atom. The van der Waals surface area contributed by atoms with E-state index in [0.717, 1.165) is 0 Å². The Morgan fingerprint density at radius 3 is 2.75 bits per heavy atom. The summed E-state index contributed by atoms with van der Waals surface area (Å²) < 4.78 is 1.50. The van der Waals surface area contributed by atoms with Gasteiger partial charge in [0.25, 0.3) is 0 Å². The summed E-state index contributed by atoms with van der Waals surface area (Å²) in [6.07, 6.45) is 2.06. The van der Waals surface area contributed by atoms with Crippen molar-refractivity contribution in [1.29, 1.82) is 0 Å². The third-order valence-corrected chi connectivity index (χ3v) is 1.59. The van der Waals surface area contributed by atoms with Gasteiger partial charge in [-0.1, -0.05) is 19.1 Å². The van der Waals surface area contributed by atoms with Crippen molar-refractivity contribution in [1.82, 2.24) is 15.0 Å². The summed E-state index contributed by atoms with van der Waals surface area (Å²) >= 11 is 0. The Balaban J connectivity index is 2.72. The summed E-state index contributed by atoms with van der Waals surface area (Å²) in [7, 11) is 1.72. The van der Waals surface area contributed by atoms with Gasteiger partial charge in [-0.25, -0.2) is 4.68 Å². The van der Waals surface area contributed by atoms with Crippen LogP contribution in [-0.2, 0) is 7.05 Å². The van der Waals surface area contributed by atoms with Crippen molar-refractivity contribution < 1.29 is 4.79 Å². The van der Waals surface area contributed by atoms with Crippen LogP contribution in [0.15, 0.2) is 6.20 Å². The smallest absolute Gasteiger partial charge is 0.182 e. The Morgan fingerprint density at radius 2 is 2.33 bits per heavy atom. The summed E-state index contributed by atoms with van der Waals surface area (Å²) in [5.74, 6) is 0.491. The zero-order valence-corrected chi connectivity index (χ0v) is 7.61. The second-order valence-electron chi connectivity index (χ2n) is 3.26. The predicted molar refractivity (Wildman–Crippen MR) is 44.8 cm³/mol. The highest BCUT2D eigenvalue weighted by Crippen LogP contribution is 2.06. The maximum Gasteiger partial charge on any atom is 0.182 e. The van der Waals surface area contributed by atoms with E-state index in [-0.39, 0.29) is 5.78 Å². The molecule has 1 aromatic heterocycles. The number of rotatable bonds is 3. The molecule has 1 heterocycles. The number of Topliss-reactive ketones (excluding diaryl/α,β-unsaturated/α-hetero) is 1. The molecule has 0 bridgehead atoms. The lowest BCUT2D eigenvalue weighted by Crippen LogP contribution is -2.09. The Labute approximate surface area is 71.6 Å². The average molecular weight is 167 g/mol. The molecular weight excluding hydrogens is 154 g/mol. The molecule has 0 aliphatic carbocycles. The van der Waals surface area contributed by atoms with Gasteiger partial charge in [-0.05, 0) is 5.92 Å². The molecule has 4 heteroatoms. The first kappa shape index (κ1) is 8.90. The first-order chi connectivity index (χ1) is 5.61. The third kappa shape index (κ3) is 1.90. The fourth-order valence-corrected chi connectivity index (χ4v) is 1.02. The van der Waals surface area contributed by atoms with E-state index in [9.17, 15) is 4.79 Å². The number of aromatic nitrogens is 3. The minimum atomic E-state index is 0.109. The third-order valence-electron chi connectivity index (χ3n) is 1.59. The number of nitrogens with zero attached hydrogens (tertiary/aromatic N) is 3. The van der Waals surface area contributed by atoms with Crippen LogP contribution in [0, 0.1) is 5.92 Å². The molecule has 0 aliphatic heterocycles. The lowest BCUT2D eigenvalue weighted by molar-refractivity contribution is 0.0958. The second kappa shape index (κ2) is 3.47. The van der Waals surface area contributed by atoms with Crippen LogP contribution in [0.25, 0.3) is 0 Å². The molecule has 0 unspecified atom stereocenters. The van der Waals surface area contributed by atoms with Crippen LogP contribution in [0.2, 0.25) is 0 Å². The van der Waals surface area contributed by atoms with E-state index in [1.807, 2.05) is 13.8 Å². The van der Waals surface area contributed by atoms with Crippen LogP contribution in [0.5, 0.6) is 0 Å². The lowest BCUT2D eigenvalue weighted by Gasteiger charge is -2.02. The molecule has 0 radical (unpaired) electrons. The molecule has 0 saturated heterocycles. The van der Waals surface area contributed by atoms with E-state index < -0.39 is 0 Å². The Hall–Kier alpha value is -1.19. The van der Waals surface area contributed by atoms with Crippen molar-refractivity contribution >= 4 is 5.78 Å². The zero-order valence-electron chi connectivity index (χ0n) is 7.61. The molecule has 66 valence electrons. The van der Waals surface area contributed by atoms with Crippen molar-refractivity contribution in [3.8, 4) is 0 Å². The quantitative estimate of drug-likeness (QED) is 0.632. The molecule has 0 aliphatic rings. The lowest BCUT2D eigenvalue weighted by atomic mass is 10.1. The molecule has 1 rings (SSSR count). The summed E-state index contributed by atoms with van der Waals surface area (Å²) in [6.45, 7) is 4.03. The van der Waals surface area contributed by atoms with Gasteiger partial charge in [-0.2, -0.15) is 0 Å². The van der Waals surface area contributed by atoms with Crippen LogP contribution >= 0.6 is 0 Å². The molecule has 0 spiro atoms. The monoisotopic (exact) mass is 167 g/mol. The Kier molecular flexibility index (Phi) is 2.58. The fourth-order valence-electron chi connectivity index (χ4n) is 1.02. The summed E-state index contributed by atoms with van der Waals surface area (Å²) in [6, 6.07) is 0. The van der Waals surface area contributed by atoms with Crippen molar-refractivity contribution in [2.45, 2.75) is 20.3 Å². The van der Waals surface area contributed by atoms with Crippen molar-refractivity contribution in [2.24, 2.45) is 13.0 Å². The minimum absolute atomic E-state index is 0.109. The van der Waals surface area contributed by atoms with Gasteiger partial charge in [0.05, 0.1) is 6.20 Å². The van der Waals surface area contributed by atoms with Gasteiger partial charge < -0.3 is 0 Å². The van der Waals surface area contributed by atoms with E-state index in [4.69, 9.17) is 0 Å². The number of carbonyl (C=O) groups is 1. The number of ketones is 1. The molecule has 1 aromatic rings.